The van der Waals surface area contributed by atoms with Gasteiger partial charge < -0.3 is 15.5 Å². The summed E-state index contributed by atoms with van der Waals surface area (Å²) >= 11 is 0. The summed E-state index contributed by atoms with van der Waals surface area (Å²) in [7, 11) is 0. The maximum atomic E-state index is 13.2. The molecule has 0 aliphatic heterocycles. The number of carbonyl (C=O) groups excluding carboxylic acids is 1. The van der Waals surface area contributed by atoms with Crippen molar-refractivity contribution < 1.29 is 13.6 Å². The van der Waals surface area contributed by atoms with Gasteiger partial charge in [0.15, 0.2) is 5.76 Å². The van der Waals surface area contributed by atoms with E-state index in [0.29, 0.717) is 17.0 Å². The van der Waals surface area contributed by atoms with Crippen LogP contribution in [-0.4, -0.2) is 5.91 Å². The number of nitrogens with two attached hydrogens (primary N) is 1. The highest BCUT2D eigenvalue weighted by Crippen LogP contribution is 2.16. The summed E-state index contributed by atoms with van der Waals surface area (Å²) < 4.78 is 18.4. The maximum Gasteiger partial charge on any atom is 0.291 e. The average molecular weight is 248 g/mol. The van der Waals surface area contributed by atoms with Crippen LogP contribution in [0, 0.1) is 12.7 Å². The quantitative estimate of drug-likeness (QED) is 0.876. The lowest BCUT2D eigenvalue weighted by Gasteiger charge is -2.06. The second kappa shape index (κ2) is 5.01. The fraction of sp³-hybridized carbons (Fsp3) is 0.154. The van der Waals surface area contributed by atoms with E-state index in [-0.39, 0.29) is 24.0 Å². The van der Waals surface area contributed by atoms with E-state index in [1.54, 1.807) is 19.1 Å². The first-order valence-electron chi connectivity index (χ1n) is 5.46. The first-order chi connectivity index (χ1) is 8.60. The molecule has 0 radical (unpaired) electrons. The van der Waals surface area contributed by atoms with Crippen LogP contribution >= 0.6 is 0 Å². The number of aryl methyl sites for hydroxylation is 1. The van der Waals surface area contributed by atoms with E-state index in [0.717, 1.165) is 0 Å². The SMILES string of the molecule is Cc1ccc(C(=O)Nc2ccc(F)c(CN)c2)o1. The zero-order chi connectivity index (χ0) is 13.1. The van der Waals surface area contributed by atoms with Crippen molar-refractivity contribution in [2.75, 3.05) is 5.32 Å². The number of anilines is 1. The van der Waals surface area contributed by atoms with Crippen molar-refractivity contribution in [3.63, 3.8) is 0 Å². The average Bonchev–Trinajstić information content (AvgIpc) is 2.78. The van der Waals surface area contributed by atoms with Crippen LogP contribution in [0.5, 0.6) is 0 Å². The number of rotatable bonds is 3. The van der Waals surface area contributed by atoms with Crippen molar-refractivity contribution in [2.45, 2.75) is 13.5 Å². The fourth-order valence-electron chi connectivity index (χ4n) is 1.56. The van der Waals surface area contributed by atoms with Gasteiger partial charge in [-0.3, -0.25) is 4.79 Å². The molecule has 3 N–H and O–H groups in total. The van der Waals surface area contributed by atoms with Gasteiger partial charge in [-0.1, -0.05) is 0 Å². The van der Waals surface area contributed by atoms with Gasteiger partial charge in [-0.15, -0.1) is 0 Å². The van der Waals surface area contributed by atoms with Crippen LogP contribution in [0.2, 0.25) is 0 Å². The van der Waals surface area contributed by atoms with Gasteiger partial charge in [0.2, 0.25) is 0 Å². The van der Waals surface area contributed by atoms with Crippen molar-refractivity contribution in [3.05, 3.63) is 53.2 Å². The van der Waals surface area contributed by atoms with Gasteiger partial charge in [-0.05, 0) is 37.3 Å². The zero-order valence-electron chi connectivity index (χ0n) is 9.87. The Bertz CT molecular complexity index is 578. The van der Waals surface area contributed by atoms with Gasteiger partial charge in [0.05, 0.1) is 0 Å². The molecular weight excluding hydrogens is 235 g/mol. The highest BCUT2D eigenvalue weighted by molar-refractivity contribution is 6.02. The van der Waals surface area contributed by atoms with Crippen LogP contribution < -0.4 is 11.1 Å². The van der Waals surface area contributed by atoms with Crippen molar-refractivity contribution >= 4 is 11.6 Å². The molecule has 1 aromatic carbocycles. The molecule has 0 fully saturated rings. The Kier molecular flexibility index (Phi) is 3.43. The molecule has 0 saturated carbocycles. The monoisotopic (exact) mass is 248 g/mol. The fourth-order valence-corrected chi connectivity index (χ4v) is 1.56. The molecule has 1 aromatic heterocycles. The Morgan fingerprint density at radius 2 is 2.17 bits per heavy atom. The van der Waals surface area contributed by atoms with E-state index >= 15 is 0 Å². The Balaban J connectivity index is 2.16. The number of halogens is 1. The largest absolute Gasteiger partial charge is 0.456 e. The number of benzene rings is 1. The van der Waals surface area contributed by atoms with Gasteiger partial charge in [0.1, 0.15) is 11.6 Å². The molecule has 2 aromatic rings. The third kappa shape index (κ3) is 2.57. The van der Waals surface area contributed by atoms with Crippen molar-refractivity contribution in [3.8, 4) is 0 Å². The summed E-state index contributed by atoms with van der Waals surface area (Å²) in [5, 5.41) is 2.62. The predicted molar refractivity (Wildman–Crippen MR) is 65.7 cm³/mol. The minimum Gasteiger partial charge on any atom is -0.456 e. The minimum absolute atomic E-state index is 0.0788. The van der Waals surface area contributed by atoms with Crippen LogP contribution in [0.15, 0.2) is 34.7 Å². The van der Waals surface area contributed by atoms with Gasteiger partial charge in [0, 0.05) is 17.8 Å². The third-order valence-corrected chi connectivity index (χ3v) is 2.49. The Labute approximate surface area is 104 Å². The second-order valence-corrected chi connectivity index (χ2v) is 3.87. The molecule has 5 heteroatoms. The Hall–Kier alpha value is -2.14. The van der Waals surface area contributed by atoms with Crippen molar-refractivity contribution in [1.82, 2.24) is 0 Å². The van der Waals surface area contributed by atoms with E-state index in [4.69, 9.17) is 10.2 Å². The molecule has 0 aliphatic rings. The molecule has 0 aliphatic carbocycles. The van der Waals surface area contributed by atoms with E-state index in [9.17, 15) is 9.18 Å². The first kappa shape index (κ1) is 12.3. The van der Waals surface area contributed by atoms with E-state index in [1.807, 2.05) is 0 Å². The number of nitrogens with one attached hydrogen (secondary N) is 1. The van der Waals surface area contributed by atoms with Crippen LogP contribution in [-0.2, 0) is 6.54 Å². The topological polar surface area (TPSA) is 68.3 Å². The molecule has 0 saturated heterocycles. The smallest absolute Gasteiger partial charge is 0.291 e. The number of amides is 1. The molecule has 0 spiro atoms. The molecule has 0 atom stereocenters. The third-order valence-electron chi connectivity index (χ3n) is 2.49. The van der Waals surface area contributed by atoms with Gasteiger partial charge in [0.25, 0.3) is 5.91 Å². The summed E-state index contributed by atoms with van der Waals surface area (Å²) in [6.45, 7) is 1.83. The molecule has 18 heavy (non-hydrogen) atoms. The molecule has 2 rings (SSSR count). The molecule has 1 amide bonds. The number of furan rings is 1. The van der Waals surface area contributed by atoms with E-state index in [1.165, 1.54) is 18.2 Å². The highest BCUT2D eigenvalue weighted by Gasteiger charge is 2.11. The number of carbonyl (C=O) groups is 1. The summed E-state index contributed by atoms with van der Waals surface area (Å²) in [6, 6.07) is 7.53. The summed E-state index contributed by atoms with van der Waals surface area (Å²) in [5.41, 5.74) is 6.23. The second-order valence-electron chi connectivity index (χ2n) is 3.87. The standard InChI is InChI=1S/C13H13FN2O2/c1-8-2-5-12(18-8)13(17)16-10-3-4-11(14)9(6-10)7-15/h2-6H,7,15H2,1H3,(H,16,17). The van der Waals surface area contributed by atoms with Gasteiger partial charge >= 0.3 is 0 Å². The van der Waals surface area contributed by atoms with Crippen LogP contribution in [0.3, 0.4) is 0 Å². The lowest BCUT2D eigenvalue weighted by Crippen LogP contribution is -2.11. The first-order valence-corrected chi connectivity index (χ1v) is 5.46. The van der Waals surface area contributed by atoms with Gasteiger partial charge in [-0.25, -0.2) is 4.39 Å². The molecule has 0 bridgehead atoms. The molecule has 1 heterocycles. The summed E-state index contributed by atoms with van der Waals surface area (Å²) in [4.78, 5) is 11.8. The van der Waals surface area contributed by atoms with Crippen LogP contribution in [0.4, 0.5) is 10.1 Å². The normalized spacial score (nSPS) is 10.4. The molecule has 0 unspecified atom stereocenters. The maximum absolute atomic E-state index is 13.2. The number of hydrogen-bond acceptors (Lipinski definition) is 3. The lowest BCUT2D eigenvalue weighted by atomic mass is 10.2. The highest BCUT2D eigenvalue weighted by atomic mass is 19.1. The Morgan fingerprint density at radius 3 is 2.78 bits per heavy atom. The van der Waals surface area contributed by atoms with Gasteiger partial charge in [-0.2, -0.15) is 0 Å². The number of hydrogen-bond donors (Lipinski definition) is 2. The van der Waals surface area contributed by atoms with Crippen LogP contribution in [0.25, 0.3) is 0 Å². The van der Waals surface area contributed by atoms with Crippen LogP contribution in [0.1, 0.15) is 21.9 Å². The summed E-state index contributed by atoms with van der Waals surface area (Å²) in [6.07, 6.45) is 0. The lowest BCUT2D eigenvalue weighted by molar-refractivity contribution is 0.0995. The van der Waals surface area contributed by atoms with Crippen molar-refractivity contribution in [2.24, 2.45) is 5.73 Å². The van der Waals surface area contributed by atoms with E-state index in [2.05, 4.69) is 5.32 Å². The minimum atomic E-state index is -0.385. The Morgan fingerprint density at radius 1 is 1.39 bits per heavy atom. The van der Waals surface area contributed by atoms with E-state index < -0.39 is 0 Å². The van der Waals surface area contributed by atoms with Crippen molar-refractivity contribution in [1.29, 1.82) is 0 Å². The molecule has 94 valence electrons. The molecular formula is C13H13FN2O2. The summed E-state index contributed by atoms with van der Waals surface area (Å²) in [5.74, 6) is 0.107. The molecule has 4 nitrogen and oxygen atoms in total. The zero-order valence-corrected chi connectivity index (χ0v) is 9.87. The predicted octanol–water partition coefficient (Wildman–Crippen LogP) is 2.44.